The summed E-state index contributed by atoms with van der Waals surface area (Å²) < 4.78 is 1.59. The second-order valence-electron chi connectivity index (χ2n) is 4.64. The Bertz CT molecular complexity index is 765. The van der Waals surface area contributed by atoms with E-state index in [4.69, 9.17) is 0 Å². The molecular weight excluding hydrogens is 276 g/mol. The highest BCUT2D eigenvalue weighted by molar-refractivity contribution is 6.08. The van der Waals surface area contributed by atoms with Crippen molar-refractivity contribution in [3.63, 3.8) is 0 Å². The summed E-state index contributed by atoms with van der Waals surface area (Å²) in [5.41, 5.74) is 5.33. The maximum atomic E-state index is 12.4. The van der Waals surface area contributed by atoms with Crippen LogP contribution >= 0.6 is 0 Å². The van der Waals surface area contributed by atoms with Crippen LogP contribution in [-0.2, 0) is 0 Å². The normalized spacial score (nSPS) is 11.2. The molecule has 3 aromatic rings. The van der Waals surface area contributed by atoms with Gasteiger partial charge < -0.3 is 0 Å². The largest absolute Gasteiger partial charge is 0.291 e. The monoisotopic (exact) mass is 290 g/mol. The second-order valence-corrected chi connectivity index (χ2v) is 4.64. The van der Waals surface area contributed by atoms with Crippen LogP contribution in [-0.4, -0.2) is 20.7 Å². The number of aromatic nitrogens is 3. The molecule has 0 aliphatic rings. The Morgan fingerprint density at radius 1 is 0.864 bits per heavy atom. The zero-order chi connectivity index (χ0) is 15.2. The summed E-state index contributed by atoms with van der Waals surface area (Å²) in [5.74, 6) is -0.0694. The molecule has 5 heteroatoms. The molecule has 108 valence electrons. The van der Waals surface area contributed by atoms with E-state index in [1.807, 2.05) is 48.5 Å². The molecule has 0 atom stereocenters. The summed E-state index contributed by atoms with van der Waals surface area (Å²) in [7, 11) is 0. The standard InChI is InChI=1S/C17H14N4O/c22-17(15-9-5-2-6-10-15)11-16(14-7-3-1-4-8-14)20-21-12-18-19-13-21/h1-13,20H/b16-11+. The van der Waals surface area contributed by atoms with E-state index in [9.17, 15) is 4.79 Å². The molecule has 0 unspecified atom stereocenters. The van der Waals surface area contributed by atoms with Crippen LogP contribution in [0.5, 0.6) is 0 Å². The smallest absolute Gasteiger partial charge is 0.187 e. The highest BCUT2D eigenvalue weighted by Crippen LogP contribution is 2.14. The predicted octanol–water partition coefficient (Wildman–Crippen LogP) is 2.75. The summed E-state index contributed by atoms with van der Waals surface area (Å²) in [4.78, 5) is 12.4. The minimum absolute atomic E-state index is 0.0694. The van der Waals surface area contributed by atoms with Gasteiger partial charge in [-0.05, 0) is 5.56 Å². The molecule has 0 saturated heterocycles. The Kier molecular flexibility index (Phi) is 4.06. The number of rotatable bonds is 5. The summed E-state index contributed by atoms with van der Waals surface area (Å²) >= 11 is 0. The molecule has 0 aliphatic carbocycles. The lowest BCUT2D eigenvalue weighted by molar-refractivity contribution is 0.104. The number of allylic oxidation sites excluding steroid dienone is 1. The SMILES string of the molecule is O=C(/C=C(/Nn1cnnc1)c1ccccc1)c1ccccc1. The third-order valence-electron chi connectivity index (χ3n) is 3.09. The van der Waals surface area contributed by atoms with Crippen molar-refractivity contribution in [1.29, 1.82) is 0 Å². The van der Waals surface area contributed by atoms with Gasteiger partial charge in [0.25, 0.3) is 0 Å². The molecule has 2 aromatic carbocycles. The first-order valence-corrected chi connectivity index (χ1v) is 6.81. The zero-order valence-electron chi connectivity index (χ0n) is 11.8. The Balaban J connectivity index is 1.94. The van der Waals surface area contributed by atoms with Crippen molar-refractivity contribution in [3.8, 4) is 0 Å². The van der Waals surface area contributed by atoms with Gasteiger partial charge in [-0.1, -0.05) is 60.7 Å². The van der Waals surface area contributed by atoms with Crippen LogP contribution in [0.2, 0.25) is 0 Å². The minimum atomic E-state index is -0.0694. The third kappa shape index (κ3) is 3.27. The molecule has 0 spiro atoms. The lowest BCUT2D eigenvalue weighted by Gasteiger charge is -2.11. The van der Waals surface area contributed by atoms with Crippen molar-refractivity contribution in [2.24, 2.45) is 0 Å². The van der Waals surface area contributed by atoms with E-state index in [0.717, 1.165) is 5.56 Å². The van der Waals surface area contributed by atoms with Gasteiger partial charge in [-0.2, -0.15) is 0 Å². The fourth-order valence-electron chi connectivity index (χ4n) is 2.01. The van der Waals surface area contributed by atoms with E-state index >= 15 is 0 Å². The van der Waals surface area contributed by atoms with Crippen molar-refractivity contribution in [3.05, 3.63) is 90.5 Å². The van der Waals surface area contributed by atoms with Gasteiger partial charge in [-0.3, -0.25) is 10.2 Å². The molecule has 0 amide bonds. The Morgan fingerprint density at radius 3 is 2.00 bits per heavy atom. The highest BCUT2D eigenvalue weighted by atomic mass is 16.1. The molecule has 1 heterocycles. The first-order chi connectivity index (χ1) is 10.8. The number of benzene rings is 2. The van der Waals surface area contributed by atoms with Crippen molar-refractivity contribution < 1.29 is 4.79 Å². The number of ketones is 1. The molecule has 0 aliphatic heterocycles. The number of carbonyl (C=O) groups excluding carboxylic acids is 1. The molecule has 0 bridgehead atoms. The maximum absolute atomic E-state index is 12.4. The lowest BCUT2D eigenvalue weighted by atomic mass is 10.1. The molecule has 22 heavy (non-hydrogen) atoms. The van der Waals surface area contributed by atoms with Gasteiger partial charge in [0.05, 0.1) is 5.70 Å². The molecule has 0 fully saturated rings. The predicted molar refractivity (Wildman–Crippen MR) is 84.6 cm³/mol. The topological polar surface area (TPSA) is 59.8 Å². The second kappa shape index (κ2) is 6.49. The van der Waals surface area contributed by atoms with E-state index in [0.29, 0.717) is 11.3 Å². The molecule has 0 radical (unpaired) electrons. The van der Waals surface area contributed by atoms with Crippen LogP contribution in [0.3, 0.4) is 0 Å². The van der Waals surface area contributed by atoms with Crippen LogP contribution in [0.4, 0.5) is 0 Å². The minimum Gasteiger partial charge on any atom is -0.291 e. The molecule has 5 nitrogen and oxygen atoms in total. The van der Waals surface area contributed by atoms with Crippen LogP contribution in [0.1, 0.15) is 15.9 Å². The first-order valence-electron chi connectivity index (χ1n) is 6.81. The fourth-order valence-corrected chi connectivity index (χ4v) is 2.01. The Hall–Kier alpha value is -3.21. The van der Waals surface area contributed by atoms with Gasteiger partial charge in [0, 0.05) is 11.6 Å². The molecular formula is C17H14N4O. The van der Waals surface area contributed by atoms with Crippen LogP contribution < -0.4 is 5.43 Å². The Labute approximate surface area is 127 Å². The summed E-state index contributed by atoms with van der Waals surface area (Å²) in [6, 6.07) is 18.8. The van der Waals surface area contributed by atoms with Crippen molar-refractivity contribution >= 4 is 11.5 Å². The molecule has 0 saturated carbocycles. The van der Waals surface area contributed by atoms with Crippen LogP contribution in [0.25, 0.3) is 5.70 Å². The fraction of sp³-hybridized carbons (Fsp3) is 0. The van der Waals surface area contributed by atoms with Gasteiger partial charge in [-0.25, -0.2) is 4.68 Å². The van der Waals surface area contributed by atoms with E-state index < -0.39 is 0 Å². The molecule has 1 aromatic heterocycles. The number of hydrogen-bond acceptors (Lipinski definition) is 4. The number of nitrogens with zero attached hydrogens (tertiary/aromatic N) is 3. The average molecular weight is 290 g/mol. The van der Waals surface area contributed by atoms with Crippen molar-refractivity contribution in [2.45, 2.75) is 0 Å². The summed E-state index contributed by atoms with van der Waals surface area (Å²) in [6.45, 7) is 0. The lowest BCUT2D eigenvalue weighted by Crippen LogP contribution is -2.13. The molecule has 1 N–H and O–H groups in total. The van der Waals surface area contributed by atoms with Crippen LogP contribution in [0.15, 0.2) is 79.4 Å². The third-order valence-corrected chi connectivity index (χ3v) is 3.09. The summed E-state index contributed by atoms with van der Waals surface area (Å²) in [5, 5.41) is 7.49. The number of nitrogens with one attached hydrogen (secondary N) is 1. The van der Waals surface area contributed by atoms with Gasteiger partial charge in [0.1, 0.15) is 12.7 Å². The van der Waals surface area contributed by atoms with Crippen molar-refractivity contribution in [1.82, 2.24) is 14.9 Å². The van der Waals surface area contributed by atoms with Gasteiger partial charge in [-0.15, -0.1) is 10.2 Å². The number of carbonyl (C=O) groups is 1. The molecule has 3 rings (SSSR count). The first kappa shape index (κ1) is 13.8. The van der Waals surface area contributed by atoms with E-state index in [-0.39, 0.29) is 5.78 Å². The van der Waals surface area contributed by atoms with E-state index in [1.54, 1.807) is 22.9 Å². The van der Waals surface area contributed by atoms with Gasteiger partial charge in [0.2, 0.25) is 0 Å². The van der Waals surface area contributed by atoms with Gasteiger partial charge in [0.15, 0.2) is 5.78 Å². The maximum Gasteiger partial charge on any atom is 0.187 e. The van der Waals surface area contributed by atoms with Crippen molar-refractivity contribution in [2.75, 3.05) is 5.43 Å². The quantitative estimate of drug-likeness (QED) is 0.580. The van der Waals surface area contributed by atoms with Crippen LogP contribution in [0, 0.1) is 0 Å². The van der Waals surface area contributed by atoms with E-state index in [1.165, 1.54) is 12.7 Å². The highest BCUT2D eigenvalue weighted by Gasteiger charge is 2.07. The zero-order valence-corrected chi connectivity index (χ0v) is 11.8. The summed E-state index contributed by atoms with van der Waals surface area (Å²) in [6.07, 6.45) is 4.64. The number of hydrogen-bond donors (Lipinski definition) is 1. The van der Waals surface area contributed by atoms with E-state index in [2.05, 4.69) is 15.6 Å². The average Bonchev–Trinajstić information content (AvgIpc) is 3.09. The Morgan fingerprint density at radius 2 is 1.41 bits per heavy atom. The van der Waals surface area contributed by atoms with Gasteiger partial charge >= 0.3 is 0 Å².